The molecule has 0 radical (unpaired) electrons. The highest BCUT2D eigenvalue weighted by Gasteiger charge is 2.66. The van der Waals surface area contributed by atoms with Gasteiger partial charge in [-0.1, -0.05) is 12.1 Å². The number of phenols is 1. The van der Waals surface area contributed by atoms with Crippen LogP contribution in [0.25, 0.3) is 5.76 Å². The van der Waals surface area contributed by atoms with Gasteiger partial charge in [0.05, 0.1) is 11.2 Å². The number of ketones is 2. The molecule has 1 aromatic rings. The number of carbonyl (C=O) groups excluding carboxylic acids is 3. The minimum atomic E-state index is -2.94. The maximum atomic E-state index is 13.3. The molecule has 8 N–H and O–H groups in total. The summed E-state index contributed by atoms with van der Waals surface area (Å²) in [5.74, 6) is -9.32. The summed E-state index contributed by atoms with van der Waals surface area (Å²) in [6.45, 7) is 1.32. The Morgan fingerprint density at radius 2 is 1.80 bits per heavy atom. The number of aromatic hydroxyl groups is 1. The fourth-order valence-electron chi connectivity index (χ4n) is 4.91. The number of hydrogen-bond acceptors (Lipinski definition) is 9. The molecule has 0 saturated heterocycles. The maximum Gasteiger partial charge on any atom is 0.255 e. The van der Waals surface area contributed by atoms with Gasteiger partial charge in [-0.05, 0) is 25.0 Å². The molecule has 158 valence electrons. The number of primary amides is 1. The molecule has 1 aromatic carbocycles. The SMILES string of the molecule is C[C@@]1(O)c2cccc(O)c2C(O)=C2C(=O)[C@]3(O)C(O)=C(C(N)=O)C(=O)C(O)C3CC21. The summed E-state index contributed by atoms with van der Waals surface area (Å²) in [4.78, 5) is 37.3. The number of aliphatic hydroxyl groups is 5. The van der Waals surface area contributed by atoms with Crippen LogP contribution < -0.4 is 5.73 Å². The lowest BCUT2D eigenvalue weighted by atomic mass is 9.55. The van der Waals surface area contributed by atoms with Crippen LogP contribution in [0.2, 0.25) is 0 Å². The Balaban J connectivity index is 2.04. The fraction of sp³-hybridized carbons (Fsp3) is 0.350. The number of amides is 1. The quantitative estimate of drug-likeness (QED) is 0.282. The first-order chi connectivity index (χ1) is 13.9. The van der Waals surface area contributed by atoms with Crippen LogP contribution in [0.5, 0.6) is 5.75 Å². The molecule has 10 heteroatoms. The molecule has 0 aliphatic heterocycles. The third kappa shape index (κ3) is 2.15. The summed E-state index contributed by atoms with van der Waals surface area (Å²) in [5.41, 5.74) is -1.46. The molecule has 1 amide bonds. The number of fused-ring (bicyclic) bond motifs is 3. The highest BCUT2D eigenvalue weighted by molar-refractivity contribution is 6.24. The number of aliphatic hydroxyl groups excluding tert-OH is 3. The van der Waals surface area contributed by atoms with E-state index in [4.69, 9.17) is 5.73 Å². The first kappa shape index (κ1) is 20.1. The van der Waals surface area contributed by atoms with E-state index in [-0.39, 0.29) is 11.1 Å². The van der Waals surface area contributed by atoms with Crippen molar-refractivity contribution in [2.24, 2.45) is 17.6 Å². The molecule has 3 unspecified atom stereocenters. The summed E-state index contributed by atoms with van der Waals surface area (Å²) < 4.78 is 0. The Hall–Kier alpha value is -3.21. The molecule has 30 heavy (non-hydrogen) atoms. The molecule has 1 fully saturated rings. The Labute approximate surface area is 169 Å². The average molecular weight is 417 g/mol. The molecular weight excluding hydrogens is 398 g/mol. The number of hydrogen-bond donors (Lipinski definition) is 7. The van der Waals surface area contributed by atoms with Gasteiger partial charge in [-0.15, -0.1) is 0 Å². The predicted molar refractivity (Wildman–Crippen MR) is 98.6 cm³/mol. The minimum Gasteiger partial charge on any atom is -0.508 e. The second-order valence-electron chi connectivity index (χ2n) is 8.00. The largest absolute Gasteiger partial charge is 0.508 e. The van der Waals surface area contributed by atoms with Crippen molar-refractivity contribution in [3.8, 4) is 5.75 Å². The third-order valence-corrected chi connectivity index (χ3v) is 6.46. The number of rotatable bonds is 1. The topological polar surface area (TPSA) is 199 Å². The van der Waals surface area contributed by atoms with Crippen LogP contribution in [0.15, 0.2) is 35.1 Å². The summed E-state index contributed by atoms with van der Waals surface area (Å²) in [6.07, 6.45) is -2.48. The normalized spacial score (nSPS) is 35.7. The Morgan fingerprint density at radius 3 is 2.40 bits per heavy atom. The molecule has 5 atom stereocenters. The van der Waals surface area contributed by atoms with Gasteiger partial charge in [-0.2, -0.15) is 0 Å². The van der Waals surface area contributed by atoms with Gasteiger partial charge in [-0.3, -0.25) is 14.4 Å². The zero-order valence-electron chi connectivity index (χ0n) is 15.7. The highest BCUT2D eigenvalue weighted by Crippen LogP contribution is 2.56. The molecule has 0 heterocycles. The van der Waals surface area contributed by atoms with Gasteiger partial charge in [0.2, 0.25) is 11.6 Å². The van der Waals surface area contributed by atoms with E-state index in [9.17, 15) is 45.0 Å². The van der Waals surface area contributed by atoms with E-state index in [1.165, 1.54) is 25.1 Å². The Morgan fingerprint density at radius 1 is 1.17 bits per heavy atom. The van der Waals surface area contributed by atoms with Crippen LogP contribution in [-0.4, -0.2) is 59.8 Å². The van der Waals surface area contributed by atoms with E-state index in [0.717, 1.165) is 0 Å². The summed E-state index contributed by atoms with van der Waals surface area (Å²) in [7, 11) is 0. The van der Waals surface area contributed by atoms with Crippen molar-refractivity contribution < 1.29 is 45.0 Å². The molecule has 3 aliphatic carbocycles. The van der Waals surface area contributed by atoms with E-state index in [1.54, 1.807) is 0 Å². The Kier molecular flexibility index (Phi) is 3.95. The lowest BCUT2D eigenvalue weighted by Gasteiger charge is -2.51. The van der Waals surface area contributed by atoms with Crippen molar-refractivity contribution in [3.63, 3.8) is 0 Å². The van der Waals surface area contributed by atoms with Crippen LogP contribution in [0.3, 0.4) is 0 Å². The van der Waals surface area contributed by atoms with Crippen molar-refractivity contribution in [1.82, 2.24) is 0 Å². The monoisotopic (exact) mass is 417 g/mol. The van der Waals surface area contributed by atoms with Crippen LogP contribution in [0, 0.1) is 11.8 Å². The van der Waals surface area contributed by atoms with Crippen molar-refractivity contribution in [2.45, 2.75) is 30.7 Å². The van der Waals surface area contributed by atoms with Gasteiger partial charge >= 0.3 is 0 Å². The third-order valence-electron chi connectivity index (χ3n) is 6.46. The highest BCUT2D eigenvalue weighted by atomic mass is 16.4. The van der Waals surface area contributed by atoms with Crippen LogP contribution in [0.4, 0.5) is 0 Å². The fourth-order valence-corrected chi connectivity index (χ4v) is 4.91. The van der Waals surface area contributed by atoms with Gasteiger partial charge in [0, 0.05) is 17.4 Å². The lowest BCUT2D eigenvalue weighted by molar-refractivity contribution is -0.164. The molecular formula is C20H19NO9. The van der Waals surface area contributed by atoms with Crippen molar-refractivity contribution in [3.05, 3.63) is 46.2 Å². The molecule has 3 aliphatic rings. The molecule has 0 aromatic heterocycles. The number of nitrogens with two attached hydrogens (primary N) is 1. The van der Waals surface area contributed by atoms with Crippen molar-refractivity contribution in [2.75, 3.05) is 0 Å². The molecule has 4 rings (SSSR count). The second-order valence-corrected chi connectivity index (χ2v) is 8.00. The van der Waals surface area contributed by atoms with Gasteiger partial charge in [0.1, 0.15) is 28.9 Å². The van der Waals surface area contributed by atoms with E-state index < -0.39 is 81.5 Å². The Bertz CT molecular complexity index is 1100. The minimum absolute atomic E-state index is 0.0983. The first-order valence-corrected chi connectivity index (χ1v) is 9.08. The van der Waals surface area contributed by atoms with E-state index in [1.807, 2.05) is 0 Å². The van der Waals surface area contributed by atoms with Crippen LogP contribution >= 0.6 is 0 Å². The summed E-state index contributed by atoms with van der Waals surface area (Å²) in [5, 5.41) is 64.2. The first-order valence-electron chi connectivity index (χ1n) is 9.08. The van der Waals surface area contributed by atoms with Gasteiger partial charge < -0.3 is 36.4 Å². The zero-order chi connectivity index (χ0) is 22.3. The zero-order valence-corrected chi connectivity index (χ0v) is 15.7. The lowest BCUT2D eigenvalue weighted by Crippen LogP contribution is -2.64. The van der Waals surface area contributed by atoms with Gasteiger partial charge in [-0.25, -0.2) is 0 Å². The maximum absolute atomic E-state index is 13.3. The number of benzene rings is 1. The second kappa shape index (κ2) is 5.91. The molecule has 1 saturated carbocycles. The van der Waals surface area contributed by atoms with E-state index >= 15 is 0 Å². The average Bonchev–Trinajstić information content (AvgIpc) is 2.66. The van der Waals surface area contributed by atoms with E-state index in [0.29, 0.717) is 0 Å². The smallest absolute Gasteiger partial charge is 0.255 e. The molecule has 0 spiro atoms. The van der Waals surface area contributed by atoms with Crippen LogP contribution in [0.1, 0.15) is 24.5 Å². The summed E-state index contributed by atoms with van der Waals surface area (Å²) in [6, 6.07) is 4.08. The molecule has 0 bridgehead atoms. The summed E-state index contributed by atoms with van der Waals surface area (Å²) >= 11 is 0. The number of carbonyl (C=O) groups is 3. The standard InChI is InChI=1S/C20H19NO9/c1-19(29)6-3-2-4-9(22)10(6)14(24)11-7(19)5-8-13(23)15(25)12(18(21)28)17(27)20(8,30)16(11)26/h2-4,7-8,13,22-24,27,29-30H,5H2,1H3,(H2,21,28)/t7?,8?,13?,19-,20+/m1/s1. The van der Waals surface area contributed by atoms with Gasteiger partial charge in [0.25, 0.3) is 5.91 Å². The van der Waals surface area contributed by atoms with Crippen molar-refractivity contribution >= 4 is 23.2 Å². The number of Topliss-reactive ketones (excluding diaryl/α,β-unsaturated/α-hetero) is 2. The van der Waals surface area contributed by atoms with Gasteiger partial charge in [0.15, 0.2) is 5.60 Å². The van der Waals surface area contributed by atoms with Crippen LogP contribution in [-0.2, 0) is 20.0 Å². The van der Waals surface area contributed by atoms with E-state index in [2.05, 4.69) is 0 Å². The molecule has 10 nitrogen and oxygen atoms in total. The predicted octanol–water partition coefficient (Wildman–Crippen LogP) is -0.940. The number of phenolic OH excluding ortho intramolecular Hbond substituents is 1. The van der Waals surface area contributed by atoms with Crippen molar-refractivity contribution in [1.29, 1.82) is 0 Å².